The third-order valence-corrected chi connectivity index (χ3v) is 2.88. The van der Waals surface area contributed by atoms with Crippen LogP contribution in [-0.4, -0.2) is 43.3 Å². The first-order valence-corrected chi connectivity index (χ1v) is 6.17. The Bertz CT molecular complexity index is 486. The summed E-state index contributed by atoms with van der Waals surface area (Å²) in [5.41, 5.74) is 2.04. The Hall–Kier alpha value is -2.08. The first-order chi connectivity index (χ1) is 9.45. The summed E-state index contributed by atoms with van der Waals surface area (Å²) in [7, 11) is 1.16. The number of carbonyl (C=O) groups is 2. The molecule has 1 unspecified atom stereocenters. The van der Waals surface area contributed by atoms with Gasteiger partial charge in [0.1, 0.15) is 5.75 Å². The summed E-state index contributed by atoms with van der Waals surface area (Å²) in [6.45, 7) is 3.47. The quantitative estimate of drug-likeness (QED) is 0.734. The van der Waals surface area contributed by atoms with Crippen molar-refractivity contribution in [3.63, 3.8) is 0 Å². The zero-order valence-electron chi connectivity index (χ0n) is 11.8. The van der Waals surface area contributed by atoms with Crippen LogP contribution in [-0.2, 0) is 14.3 Å². The van der Waals surface area contributed by atoms with Crippen molar-refractivity contribution in [2.45, 2.75) is 20.0 Å². The number of methoxy groups -OCH3 is 1. The molecule has 0 saturated heterocycles. The molecule has 0 saturated carbocycles. The summed E-state index contributed by atoms with van der Waals surface area (Å²) >= 11 is 0. The highest BCUT2D eigenvalue weighted by Crippen LogP contribution is 2.20. The van der Waals surface area contributed by atoms with E-state index in [1.807, 2.05) is 26.0 Å². The molecular weight excluding hydrogens is 262 g/mol. The van der Waals surface area contributed by atoms with Crippen LogP contribution in [0.25, 0.3) is 0 Å². The molecule has 6 nitrogen and oxygen atoms in total. The number of amides is 1. The third-order valence-electron chi connectivity index (χ3n) is 2.88. The van der Waals surface area contributed by atoms with E-state index >= 15 is 0 Å². The largest absolute Gasteiger partial charge is 0.483 e. The number of aliphatic hydroxyl groups excluding tert-OH is 1. The lowest BCUT2D eigenvalue weighted by atomic mass is 10.1. The van der Waals surface area contributed by atoms with Crippen LogP contribution >= 0.6 is 0 Å². The van der Waals surface area contributed by atoms with Crippen LogP contribution in [0.2, 0.25) is 0 Å². The number of benzene rings is 1. The van der Waals surface area contributed by atoms with E-state index in [1.165, 1.54) is 0 Å². The molecule has 1 rings (SSSR count). The van der Waals surface area contributed by atoms with Gasteiger partial charge in [-0.1, -0.05) is 12.1 Å². The highest BCUT2D eigenvalue weighted by Gasteiger charge is 2.16. The third kappa shape index (κ3) is 4.55. The Morgan fingerprint density at radius 2 is 2.05 bits per heavy atom. The summed E-state index contributed by atoms with van der Waals surface area (Å²) in [6.07, 6.45) is -1.37. The molecule has 0 heterocycles. The molecule has 0 radical (unpaired) electrons. The second kappa shape index (κ2) is 7.49. The molecule has 0 bridgehead atoms. The summed E-state index contributed by atoms with van der Waals surface area (Å²) in [5, 5.41) is 11.7. The van der Waals surface area contributed by atoms with E-state index in [0.29, 0.717) is 5.75 Å². The fourth-order valence-corrected chi connectivity index (χ4v) is 1.50. The van der Waals surface area contributed by atoms with Gasteiger partial charge in [-0.05, 0) is 31.0 Å². The predicted molar refractivity (Wildman–Crippen MR) is 72.4 cm³/mol. The number of ether oxygens (including phenoxy) is 2. The van der Waals surface area contributed by atoms with Gasteiger partial charge in [-0.25, -0.2) is 4.79 Å². The molecule has 0 aromatic heterocycles. The lowest BCUT2D eigenvalue weighted by Crippen LogP contribution is -2.39. The number of aliphatic hydroxyl groups is 1. The van der Waals surface area contributed by atoms with Gasteiger partial charge in [0, 0.05) is 0 Å². The van der Waals surface area contributed by atoms with E-state index in [9.17, 15) is 14.7 Å². The number of rotatable bonds is 6. The van der Waals surface area contributed by atoms with Crippen LogP contribution in [0.1, 0.15) is 11.1 Å². The predicted octanol–water partition coefficient (Wildman–Crippen LogP) is 0.332. The topological polar surface area (TPSA) is 84.9 Å². The molecule has 20 heavy (non-hydrogen) atoms. The van der Waals surface area contributed by atoms with Gasteiger partial charge < -0.3 is 19.9 Å². The van der Waals surface area contributed by atoms with E-state index < -0.39 is 18.0 Å². The zero-order chi connectivity index (χ0) is 15.1. The average molecular weight is 281 g/mol. The lowest BCUT2D eigenvalue weighted by molar-refractivity contribution is -0.150. The van der Waals surface area contributed by atoms with Gasteiger partial charge in [0.25, 0.3) is 5.91 Å². The second-order valence-electron chi connectivity index (χ2n) is 4.33. The Balaban J connectivity index is 2.40. The standard InChI is InChI=1S/C14H19NO5/c1-9-5-4-6-12(10(9)2)20-8-13(17)15-7-11(16)14(18)19-3/h4-6,11,16H,7-8H2,1-3H3,(H,15,17). The van der Waals surface area contributed by atoms with Crippen LogP contribution < -0.4 is 10.1 Å². The molecule has 2 N–H and O–H groups in total. The highest BCUT2D eigenvalue weighted by atomic mass is 16.5. The average Bonchev–Trinajstić information content (AvgIpc) is 2.45. The lowest BCUT2D eigenvalue weighted by Gasteiger charge is -2.12. The van der Waals surface area contributed by atoms with Gasteiger partial charge in [0.05, 0.1) is 13.7 Å². The summed E-state index contributed by atoms with van der Waals surface area (Å²) in [5.74, 6) is -0.580. The van der Waals surface area contributed by atoms with Gasteiger partial charge in [-0.15, -0.1) is 0 Å². The van der Waals surface area contributed by atoms with Crippen molar-refractivity contribution in [1.29, 1.82) is 0 Å². The van der Waals surface area contributed by atoms with Crippen molar-refractivity contribution in [2.24, 2.45) is 0 Å². The Morgan fingerprint density at radius 3 is 2.70 bits per heavy atom. The van der Waals surface area contributed by atoms with Gasteiger partial charge >= 0.3 is 5.97 Å². The summed E-state index contributed by atoms with van der Waals surface area (Å²) in [4.78, 5) is 22.5. The van der Waals surface area contributed by atoms with Crippen LogP contribution in [0.4, 0.5) is 0 Å². The van der Waals surface area contributed by atoms with Crippen molar-refractivity contribution in [3.05, 3.63) is 29.3 Å². The van der Waals surface area contributed by atoms with Crippen molar-refractivity contribution in [1.82, 2.24) is 5.32 Å². The van der Waals surface area contributed by atoms with E-state index in [1.54, 1.807) is 6.07 Å². The minimum atomic E-state index is -1.37. The van der Waals surface area contributed by atoms with E-state index in [2.05, 4.69) is 10.1 Å². The molecule has 0 fully saturated rings. The van der Waals surface area contributed by atoms with Crippen molar-refractivity contribution in [2.75, 3.05) is 20.3 Å². The molecule has 0 aliphatic rings. The minimum Gasteiger partial charge on any atom is -0.483 e. The molecule has 0 aliphatic heterocycles. The number of aryl methyl sites for hydroxylation is 1. The molecule has 6 heteroatoms. The maximum Gasteiger partial charge on any atom is 0.336 e. The number of nitrogens with one attached hydrogen (secondary N) is 1. The highest BCUT2D eigenvalue weighted by molar-refractivity contribution is 5.79. The van der Waals surface area contributed by atoms with Crippen LogP contribution in [0.15, 0.2) is 18.2 Å². The van der Waals surface area contributed by atoms with Crippen LogP contribution in [0.5, 0.6) is 5.75 Å². The van der Waals surface area contributed by atoms with Gasteiger partial charge in [-0.2, -0.15) is 0 Å². The van der Waals surface area contributed by atoms with E-state index in [4.69, 9.17) is 4.74 Å². The Morgan fingerprint density at radius 1 is 1.35 bits per heavy atom. The molecule has 1 amide bonds. The number of hydrogen-bond acceptors (Lipinski definition) is 5. The molecule has 0 aliphatic carbocycles. The first kappa shape index (κ1) is 16.0. The number of esters is 1. The molecule has 110 valence electrons. The van der Waals surface area contributed by atoms with Crippen molar-refractivity contribution < 1.29 is 24.2 Å². The monoisotopic (exact) mass is 281 g/mol. The molecule has 1 aromatic rings. The number of carbonyl (C=O) groups excluding carboxylic acids is 2. The Kier molecular flexibility index (Phi) is 5.99. The molecule has 0 spiro atoms. The van der Waals surface area contributed by atoms with Gasteiger partial charge in [0.2, 0.25) is 0 Å². The van der Waals surface area contributed by atoms with Crippen LogP contribution in [0.3, 0.4) is 0 Å². The molecule has 1 atom stereocenters. The normalized spacial score (nSPS) is 11.6. The Labute approximate surface area is 117 Å². The van der Waals surface area contributed by atoms with E-state index in [0.717, 1.165) is 18.2 Å². The second-order valence-corrected chi connectivity index (χ2v) is 4.33. The van der Waals surface area contributed by atoms with Crippen molar-refractivity contribution in [3.8, 4) is 5.75 Å². The SMILES string of the molecule is COC(=O)C(O)CNC(=O)COc1cccc(C)c1C. The minimum absolute atomic E-state index is 0.182. The summed E-state index contributed by atoms with van der Waals surface area (Å²) in [6, 6.07) is 5.57. The fourth-order valence-electron chi connectivity index (χ4n) is 1.50. The van der Waals surface area contributed by atoms with Crippen molar-refractivity contribution >= 4 is 11.9 Å². The van der Waals surface area contributed by atoms with Gasteiger partial charge in [-0.3, -0.25) is 4.79 Å². The first-order valence-electron chi connectivity index (χ1n) is 6.17. The smallest absolute Gasteiger partial charge is 0.336 e. The van der Waals surface area contributed by atoms with E-state index in [-0.39, 0.29) is 13.2 Å². The zero-order valence-corrected chi connectivity index (χ0v) is 11.8. The maximum absolute atomic E-state index is 11.5. The van der Waals surface area contributed by atoms with Crippen LogP contribution in [0, 0.1) is 13.8 Å². The fraction of sp³-hybridized carbons (Fsp3) is 0.429. The molecule has 1 aromatic carbocycles. The summed E-state index contributed by atoms with van der Waals surface area (Å²) < 4.78 is 9.72. The van der Waals surface area contributed by atoms with Gasteiger partial charge in [0.15, 0.2) is 12.7 Å². The number of hydrogen-bond donors (Lipinski definition) is 2. The molecular formula is C14H19NO5. The maximum atomic E-state index is 11.5.